The average Bonchev–Trinajstić information content (AvgIpc) is 2.69. The second-order valence-corrected chi connectivity index (χ2v) is 6.81. The van der Waals surface area contributed by atoms with Gasteiger partial charge >= 0.3 is 107 Å². The zero-order valence-corrected chi connectivity index (χ0v) is 11.5. The molecule has 84 valence electrons. The van der Waals surface area contributed by atoms with E-state index in [0.29, 0.717) is 14.5 Å². The van der Waals surface area contributed by atoms with Crippen LogP contribution in [0.1, 0.15) is 19.3 Å². The standard InChI is InChI=1S/C13H14ClNSe/c14-12-10-6-2-3-7-11(10)16-13(12)15-8-4-1-5-9-15/h2-3,6-7H,1,4-5,8-9H2. The number of halogens is 1. The van der Waals surface area contributed by atoms with E-state index in [9.17, 15) is 0 Å². The number of hydrogen-bond donors (Lipinski definition) is 0. The Morgan fingerprint density at radius 2 is 1.81 bits per heavy atom. The molecule has 0 unspecified atom stereocenters. The van der Waals surface area contributed by atoms with Crippen molar-refractivity contribution in [1.29, 1.82) is 0 Å². The van der Waals surface area contributed by atoms with Crippen LogP contribution in [0.5, 0.6) is 0 Å². The summed E-state index contributed by atoms with van der Waals surface area (Å²) in [6, 6.07) is 8.56. The Hall–Kier alpha value is -0.431. The van der Waals surface area contributed by atoms with Crippen molar-refractivity contribution < 1.29 is 0 Å². The summed E-state index contributed by atoms with van der Waals surface area (Å²) in [5, 5.41) is 2.28. The van der Waals surface area contributed by atoms with Crippen molar-refractivity contribution in [3.05, 3.63) is 29.3 Å². The molecule has 0 N–H and O–H groups in total. The number of nitrogens with zero attached hydrogens (tertiary/aromatic N) is 1. The van der Waals surface area contributed by atoms with Crippen LogP contribution in [0.25, 0.3) is 9.65 Å². The van der Waals surface area contributed by atoms with E-state index in [0.717, 1.165) is 5.02 Å². The molecular weight excluding hydrogens is 285 g/mol. The molecular formula is C13H14ClNSe. The van der Waals surface area contributed by atoms with Crippen LogP contribution in [0.4, 0.5) is 4.56 Å². The fraction of sp³-hybridized carbons (Fsp3) is 0.385. The number of fused-ring (bicyclic) bond motifs is 1. The van der Waals surface area contributed by atoms with Crippen molar-refractivity contribution >= 4 is 40.3 Å². The van der Waals surface area contributed by atoms with Gasteiger partial charge in [-0.1, -0.05) is 0 Å². The van der Waals surface area contributed by atoms with Gasteiger partial charge < -0.3 is 0 Å². The van der Waals surface area contributed by atoms with Crippen LogP contribution in [0.15, 0.2) is 24.3 Å². The number of piperidine rings is 1. The van der Waals surface area contributed by atoms with E-state index in [1.807, 2.05) is 0 Å². The molecule has 0 spiro atoms. The van der Waals surface area contributed by atoms with Gasteiger partial charge in [-0.05, 0) is 0 Å². The van der Waals surface area contributed by atoms with Crippen molar-refractivity contribution in [2.24, 2.45) is 0 Å². The number of rotatable bonds is 1. The second kappa shape index (κ2) is 4.44. The zero-order valence-electron chi connectivity index (χ0n) is 9.08. The van der Waals surface area contributed by atoms with E-state index in [1.54, 1.807) is 0 Å². The summed E-state index contributed by atoms with van der Waals surface area (Å²) in [6.45, 7) is 2.39. The van der Waals surface area contributed by atoms with E-state index in [1.165, 1.54) is 46.6 Å². The van der Waals surface area contributed by atoms with E-state index >= 15 is 0 Å². The molecule has 1 aromatic heterocycles. The Morgan fingerprint density at radius 1 is 1.06 bits per heavy atom. The topological polar surface area (TPSA) is 3.24 Å². The predicted octanol–water partition coefficient (Wildman–Crippen LogP) is 3.54. The first-order valence-electron chi connectivity index (χ1n) is 5.78. The number of anilines is 1. The summed E-state index contributed by atoms with van der Waals surface area (Å²) in [6.07, 6.45) is 4.02. The molecule has 1 aromatic carbocycles. The molecule has 16 heavy (non-hydrogen) atoms. The maximum atomic E-state index is 6.50. The van der Waals surface area contributed by atoms with Crippen LogP contribution < -0.4 is 4.90 Å². The van der Waals surface area contributed by atoms with Gasteiger partial charge in [0.2, 0.25) is 0 Å². The number of benzene rings is 1. The van der Waals surface area contributed by atoms with Crippen LogP contribution in [0.2, 0.25) is 5.02 Å². The molecule has 0 saturated carbocycles. The summed E-state index contributed by atoms with van der Waals surface area (Å²) in [7, 11) is 0. The molecule has 1 nitrogen and oxygen atoms in total. The molecule has 3 heteroatoms. The molecule has 0 bridgehead atoms. The third kappa shape index (κ3) is 1.79. The molecule has 2 aromatic rings. The molecule has 0 radical (unpaired) electrons. The average molecular weight is 299 g/mol. The molecule has 1 aliphatic heterocycles. The van der Waals surface area contributed by atoms with E-state index < -0.39 is 0 Å². The Bertz CT molecular complexity index is 500. The summed E-state index contributed by atoms with van der Waals surface area (Å²) in [4.78, 5) is 2.51. The summed E-state index contributed by atoms with van der Waals surface area (Å²) >= 11 is 6.92. The van der Waals surface area contributed by atoms with Crippen LogP contribution in [-0.4, -0.2) is 27.6 Å². The molecule has 0 atom stereocenters. The van der Waals surface area contributed by atoms with E-state index in [-0.39, 0.29) is 0 Å². The van der Waals surface area contributed by atoms with Crippen molar-refractivity contribution in [1.82, 2.24) is 0 Å². The third-order valence-corrected chi connectivity index (χ3v) is 6.38. The molecule has 1 saturated heterocycles. The molecule has 3 rings (SSSR count). The van der Waals surface area contributed by atoms with Crippen molar-refractivity contribution in [3.8, 4) is 0 Å². The van der Waals surface area contributed by atoms with Gasteiger partial charge in [-0.25, -0.2) is 0 Å². The van der Waals surface area contributed by atoms with Crippen LogP contribution in [0, 0.1) is 0 Å². The van der Waals surface area contributed by atoms with Crippen LogP contribution in [0.3, 0.4) is 0 Å². The van der Waals surface area contributed by atoms with Gasteiger partial charge in [0.15, 0.2) is 0 Å². The quantitative estimate of drug-likeness (QED) is 0.728. The second-order valence-electron chi connectivity index (χ2n) is 4.27. The fourth-order valence-corrected chi connectivity index (χ4v) is 5.32. The Balaban J connectivity index is 2.05. The molecule has 1 fully saturated rings. The minimum atomic E-state index is 0.422. The Kier molecular flexibility index (Phi) is 2.97. The van der Waals surface area contributed by atoms with Gasteiger partial charge in [0.25, 0.3) is 0 Å². The fourth-order valence-electron chi connectivity index (χ4n) is 2.30. The first-order chi connectivity index (χ1) is 7.86. The Morgan fingerprint density at radius 3 is 2.56 bits per heavy atom. The molecule has 2 heterocycles. The summed E-state index contributed by atoms with van der Waals surface area (Å²) in [5.41, 5.74) is 0. The molecule has 0 amide bonds. The van der Waals surface area contributed by atoms with E-state index in [4.69, 9.17) is 11.6 Å². The van der Waals surface area contributed by atoms with Crippen molar-refractivity contribution in [2.45, 2.75) is 19.3 Å². The van der Waals surface area contributed by atoms with Crippen LogP contribution >= 0.6 is 11.6 Å². The predicted molar refractivity (Wildman–Crippen MR) is 72.0 cm³/mol. The van der Waals surface area contributed by atoms with Gasteiger partial charge in [0, 0.05) is 0 Å². The monoisotopic (exact) mass is 299 g/mol. The first-order valence-corrected chi connectivity index (χ1v) is 7.87. The molecule has 1 aliphatic rings. The van der Waals surface area contributed by atoms with Crippen molar-refractivity contribution in [2.75, 3.05) is 18.0 Å². The minimum absolute atomic E-state index is 0.422. The van der Waals surface area contributed by atoms with Gasteiger partial charge in [-0.2, -0.15) is 0 Å². The number of hydrogen-bond acceptors (Lipinski definition) is 1. The van der Waals surface area contributed by atoms with Crippen molar-refractivity contribution in [3.63, 3.8) is 0 Å². The maximum absolute atomic E-state index is 6.50. The van der Waals surface area contributed by atoms with Gasteiger partial charge in [0.05, 0.1) is 0 Å². The van der Waals surface area contributed by atoms with Crippen LogP contribution in [-0.2, 0) is 0 Å². The van der Waals surface area contributed by atoms with Gasteiger partial charge in [-0.3, -0.25) is 0 Å². The first kappa shape index (κ1) is 10.7. The van der Waals surface area contributed by atoms with Gasteiger partial charge in [0.1, 0.15) is 0 Å². The molecule has 0 aliphatic carbocycles. The Labute approximate surface area is 107 Å². The zero-order chi connectivity index (χ0) is 11.0. The summed E-state index contributed by atoms with van der Waals surface area (Å²) in [5.74, 6) is 0. The third-order valence-electron chi connectivity index (χ3n) is 3.16. The van der Waals surface area contributed by atoms with Gasteiger partial charge in [-0.15, -0.1) is 0 Å². The van der Waals surface area contributed by atoms with E-state index in [2.05, 4.69) is 29.2 Å². The normalized spacial score (nSPS) is 16.9. The summed E-state index contributed by atoms with van der Waals surface area (Å²) < 4.78 is 2.86. The SMILES string of the molecule is Clc1c(N2CCCCC2)[se]c2ccccc12.